The Kier molecular flexibility index (Phi) is 4.97. The molecule has 2 aromatic carbocycles. The van der Waals surface area contributed by atoms with Crippen LogP contribution in [0.15, 0.2) is 48.5 Å². The zero-order valence-electron chi connectivity index (χ0n) is 13.8. The van der Waals surface area contributed by atoms with Gasteiger partial charge in [0.1, 0.15) is 5.75 Å². The molecule has 25 heavy (non-hydrogen) atoms. The van der Waals surface area contributed by atoms with Crippen molar-refractivity contribution in [3.8, 4) is 5.75 Å². The number of nitro groups is 1. The van der Waals surface area contributed by atoms with Crippen molar-refractivity contribution in [3.63, 3.8) is 0 Å². The number of likely N-dealkylation sites (tertiary alicyclic amines) is 1. The van der Waals surface area contributed by atoms with E-state index in [1.165, 1.54) is 17.7 Å². The molecule has 1 fully saturated rings. The number of aromatic hydroxyl groups is 1. The Morgan fingerprint density at radius 1 is 1.08 bits per heavy atom. The first-order valence-electron chi connectivity index (χ1n) is 8.33. The maximum absolute atomic E-state index is 12.4. The SMILES string of the molecule is O=C(Cc1ccc([N+](=O)[O-])cc1)N1CCC(c2ccc(O)cc2)CC1. The van der Waals surface area contributed by atoms with Gasteiger partial charge in [-0.25, -0.2) is 0 Å². The Balaban J connectivity index is 1.54. The average Bonchev–Trinajstić information content (AvgIpc) is 2.63. The highest BCUT2D eigenvalue weighted by Crippen LogP contribution is 2.29. The number of nitro benzene ring substituents is 1. The molecule has 0 spiro atoms. The first kappa shape index (κ1) is 17.0. The van der Waals surface area contributed by atoms with Crippen molar-refractivity contribution in [1.82, 2.24) is 4.90 Å². The van der Waals surface area contributed by atoms with Crippen LogP contribution in [0.1, 0.15) is 29.9 Å². The summed E-state index contributed by atoms with van der Waals surface area (Å²) in [4.78, 5) is 24.5. The number of rotatable bonds is 4. The predicted molar refractivity (Wildman–Crippen MR) is 93.5 cm³/mol. The highest BCUT2D eigenvalue weighted by molar-refractivity contribution is 5.79. The molecule has 6 nitrogen and oxygen atoms in total. The van der Waals surface area contributed by atoms with Crippen molar-refractivity contribution in [2.24, 2.45) is 0 Å². The molecular weight excluding hydrogens is 320 g/mol. The lowest BCUT2D eigenvalue weighted by Crippen LogP contribution is -2.38. The molecule has 1 aliphatic rings. The summed E-state index contributed by atoms with van der Waals surface area (Å²) < 4.78 is 0. The Morgan fingerprint density at radius 2 is 1.68 bits per heavy atom. The van der Waals surface area contributed by atoms with Crippen molar-refractivity contribution in [1.29, 1.82) is 0 Å². The van der Waals surface area contributed by atoms with E-state index in [9.17, 15) is 20.0 Å². The standard InChI is InChI=1S/C19H20N2O4/c22-18-7-3-15(4-8-18)16-9-11-20(12-10-16)19(23)13-14-1-5-17(6-2-14)21(24)25/h1-8,16,22H,9-13H2. The van der Waals surface area contributed by atoms with Crippen LogP contribution in [-0.2, 0) is 11.2 Å². The van der Waals surface area contributed by atoms with E-state index >= 15 is 0 Å². The minimum atomic E-state index is -0.445. The normalized spacial score (nSPS) is 15.1. The van der Waals surface area contributed by atoms with E-state index in [2.05, 4.69) is 0 Å². The number of piperidine rings is 1. The molecular formula is C19H20N2O4. The van der Waals surface area contributed by atoms with Gasteiger partial charge in [-0.1, -0.05) is 24.3 Å². The lowest BCUT2D eigenvalue weighted by atomic mass is 9.89. The molecule has 1 saturated heterocycles. The zero-order valence-corrected chi connectivity index (χ0v) is 13.8. The summed E-state index contributed by atoms with van der Waals surface area (Å²) in [7, 11) is 0. The van der Waals surface area contributed by atoms with Gasteiger partial charge in [0.05, 0.1) is 11.3 Å². The van der Waals surface area contributed by atoms with E-state index in [0.29, 0.717) is 19.0 Å². The molecule has 0 bridgehead atoms. The van der Waals surface area contributed by atoms with E-state index in [1.54, 1.807) is 24.3 Å². The Labute approximate surface area is 145 Å². The van der Waals surface area contributed by atoms with Gasteiger partial charge in [-0.05, 0) is 42.0 Å². The third-order valence-electron chi connectivity index (χ3n) is 4.71. The molecule has 6 heteroatoms. The van der Waals surface area contributed by atoms with Crippen LogP contribution in [0, 0.1) is 10.1 Å². The van der Waals surface area contributed by atoms with Gasteiger partial charge >= 0.3 is 0 Å². The van der Waals surface area contributed by atoms with E-state index in [0.717, 1.165) is 18.4 Å². The van der Waals surface area contributed by atoms with Gasteiger partial charge in [0, 0.05) is 25.2 Å². The van der Waals surface area contributed by atoms with Crippen LogP contribution in [0.4, 0.5) is 5.69 Å². The number of phenolic OH excluding ortho intramolecular Hbond substituents is 1. The van der Waals surface area contributed by atoms with Gasteiger partial charge < -0.3 is 10.0 Å². The van der Waals surface area contributed by atoms with Crippen molar-refractivity contribution >= 4 is 11.6 Å². The Bertz CT molecular complexity index is 748. The average molecular weight is 340 g/mol. The number of phenols is 1. The van der Waals surface area contributed by atoms with Gasteiger partial charge in [0.2, 0.25) is 5.91 Å². The molecule has 0 atom stereocenters. The summed E-state index contributed by atoms with van der Waals surface area (Å²) in [6.45, 7) is 1.41. The fourth-order valence-electron chi connectivity index (χ4n) is 3.23. The van der Waals surface area contributed by atoms with E-state index in [1.807, 2.05) is 17.0 Å². The van der Waals surface area contributed by atoms with Gasteiger partial charge in [0.25, 0.3) is 5.69 Å². The van der Waals surface area contributed by atoms with Crippen LogP contribution in [-0.4, -0.2) is 33.9 Å². The quantitative estimate of drug-likeness (QED) is 0.684. The third kappa shape index (κ3) is 4.15. The minimum Gasteiger partial charge on any atom is -0.508 e. The molecule has 0 saturated carbocycles. The predicted octanol–water partition coefficient (Wildman–Crippen LogP) is 3.25. The number of hydrogen-bond acceptors (Lipinski definition) is 4. The van der Waals surface area contributed by atoms with Crippen molar-refractivity contribution in [2.45, 2.75) is 25.2 Å². The first-order chi connectivity index (χ1) is 12.0. The minimum absolute atomic E-state index is 0.0333. The molecule has 3 rings (SSSR count). The van der Waals surface area contributed by atoms with Gasteiger partial charge in [0.15, 0.2) is 0 Å². The van der Waals surface area contributed by atoms with Gasteiger partial charge in [-0.15, -0.1) is 0 Å². The van der Waals surface area contributed by atoms with Crippen LogP contribution >= 0.6 is 0 Å². The van der Waals surface area contributed by atoms with E-state index in [-0.39, 0.29) is 23.8 Å². The molecule has 1 heterocycles. The van der Waals surface area contributed by atoms with E-state index in [4.69, 9.17) is 0 Å². The lowest BCUT2D eigenvalue weighted by Gasteiger charge is -2.32. The second-order valence-electron chi connectivity index (χ2n) is 6.35. The van der Waals surface area contributed by atoms with Crippen LogP contribution in [0.5, 0.6) is 5.75 Å². The number of benzene rings is 2. The zero-order chi connectivity index (χ0) is 17.8. The smallest absolute Gasteiger partial charge is 0.269 e. The molecule has 0 aromatic heterocycles. The second kappa shape index (κ2) is 7.34. The molecule has 2 aromatic rings. The highest BCUT2D eigenvalue weighted by atomic mass is 16.6. The number of hydrogen-bond donors (Lipinski definition) is 1. The first-order valence-corrected chi connectivity index (χ1v) is 8.33. The molecule has 1 amide bonds. The molecule has 1 aliphatic heterocycles. The monoisotopic (exact) mass is 340 g/mol. The lowest BCUT2D eigenvalue weighted by molar-refractivity contribution is -0.384. The molecule has 0 unspecified atom stereocenters. The van der Waals surface area contributed by atoms with E-state index < -0.39 is 4.92 Å². The fourth-order valence-corrected chi connectivity index (χ4v) is 3.23. The largest absolute Gasteiger partial charge is 0.508 e. The van der Waals surface area contributed by atoms with Crippen molar-refractivity contribution < 1.29 is 14.8 Å². The number of carbonyl (C=O) groups excluding carboxylic acids is 1. The van der Waals surface area contributed by atoms with Gasteiger partial charge in [-0.2, -0.15) is 0 Å². The summed E-state index contributed by atoms with van der Waals surface area (Å²) in [5.41, 5.74) is 2.02. The van der Waals surface area contributed by atoms with Crippen LogP contribution in [0.25, 0.3) is 0 Å². The number of nitrogens with zero attached hydrogens (tertiary/aromatic N) is 2. The summed E-state index contributed by atoms with van der Waals surface area (Å²) in [5, 5.41) is 20.0. The number of carbonyl (C=O) groups is 1. The van der Waals surface area contributed by atoms with Crippen LogP contribution < -0.4 is 0 Å². The van der Waals surface area contributed by atoms with Crippen molar-refractivity contribution in [2.75, 3.05) is 13.1 Å². The molecule has 130 valence electrons. The summed E-state index contributed by atoms with van der Waals surface area (Å²) in [6, 6.07) is 13.4. The molecule has 0 aliphatic carbocycles. The fraction of sp³-hybridized carbons (Fsp3) is 0.316. The summed E-state index contributed by atoms with van der Waals surface area (Å²) in [6.07, 6.45) is 2.06. The maximum Gasteiger partial charge on any atom is 0.269 e. The van der Waals surface area contributed by atoms with Gasteiger partial charge in [-0.3, -0.25) is 14.9 Å². The summed E-state index contributed by atoms with van der Waals surface area (Å²) in [5.74, 6) is 0.724. The second-order valence-corrected chi connectivity index (χ2v) is 6.35. The number of amides is 1. The molecule has 0 radical (unpaired) electrons. The van der Waals surface area contributed by atoms with Crippen LogP contribution in [0.2, 0.25) is 0 Å². The van der Waals surface area contributed by atoms with Crippen LogP contribution in [0.3, 0.4) is 0 Å². The van der Waals surface area contributed by atoms with Crippen molar-refractivity contribution in [3.05, 3.63) is 69.8 Å². The molecule has 1 N–H and O–H groups in total. The Hall–Kier alpha value is -2.89. The Morgan fingerprint density at radius 3 is 2.24 bits per heavy atom. The third-order valence-corrected chi connectivity index (χ3v) is 4.71. The summed E-state index contributed by atoms with van der Waals surface area (Å²) >= 11 is 0. The topological polar surface area (TPSA) is 83.7 Å². The maximum atomic E-state index is 12.4. The number of non-ortho nitro benzene ring substituents is 1. The highest BCUT2D eigenvalue weighted by Gasteiger charge is 2.23.